The van der Waals surface area contributed by atoms with Gasteiger partial charge in [-0.1, -0.05) is 6.07 Å². The van der Waals surface area contributed by atoms with Crippen molar-refractivity contribution in [3.63, 3.8) is 0 Å². The lowest BCUT2D eigenvalue weighted by atomic mass is 10.0. The van der Waals surface area contributed by atoms with Gasteiger partial charge >= 0.3 is 0 Å². The van der Waals surface area contributed by atoms with Gasteiger partial charge in [0.1, 0.15) is 5.75 Å². The Morgan fingerprint density at radius 1 is 1.29 bits per heavy atom. The monoisotopic (exact) mass is 316 g/mol. The van der Waals surface area contributed by atoms with Crippen LogP contribution in [-0.2, 0) is 21.4 Å². The van der Waals surface area contributed by atoms with Gasteiger partial charge in [0.15, 0.2) is 0 Å². The number of hydrogen-bond acceptors (Lipinski definition) is 5. The zero-order valence-electron chi connectivity index (χ0n) is 13.0. The molecule has 21 heavy (non-hydrogen) atoms. The molecule has 120 valence electrons. The van der Waals surface area contributed by atoms with E-state index in [-0.39, 0.29) is 11.8 Å². The predicted molar refractivity (Wildman–Crippen MR) is 83.0 cm³/mol. The van der Waals surface area contributed by atoms with E-state index < -0.39 is 10.0 Å². The maximum absolute atomic E-state index is 11.4. The number of benzene rings is 1. The first-order valence-electron chi connectivity index (χ1n) is 6.74. The molecule has 2 N–H and O–H groups in total. The summed E-state index contributed by atoms with van der Waals surface area (Å²) in [6.07, 6.45) is 0. The molecule has 0 saturated carbocycles. The van der Waals surface area contributed by atoms with Gasteiger partial charge in [-0.05, 0) is 31.7 Å². The highest BCUT2D eigenvalue weighted by Crippen LogP contribution is 2.23. The van der Waals surface area contributed by atoms with Crippen molar-refractivity contribution in [3.8, 4) is 5.75 Å². The number of hydrogen-bond donors (Lipinski definition) is 2. The molecule has 1 atom stereocenters. The van der Waals surface area contributed by atoms with Crippen LogP contribution in [0.1, 0.15) is 24.1 Å². The second-order valence-corrected chi connectivity index (χ2v) is 6.75. The van der Waals surface area contributed by atoms with Crippen LogP contribution in [0.25, 0.3) is 0 Å². The van der Waals surface area contributed by atoms with Gasteiger partial charge in [0, 0.05) is 25.3 Å². The minimum absolute atomic E-state index is 0.0403. The maximum Gasteiger partial charge on any atom is 0.212 e. The van der Waals surface area contributed by atoms with E-state index in [4.69, 9.17) is 9.47 Å². The molecular formula is C14H24N2O4S. The Balaban J connectivity index is 2.69. The summed E-state index contributed by atoms with van der Waals surface area (Å²) in [5, 5.41) is 3.20. The van der Waals surface area contributed by atoms with Crippen molar-refractivity contribution < 1.29 is 17.9 Å². The van der Waals surface area contributed by atoms with Crippen LogP contribution in [0.15, 0.2) is 18.2 Å². The number of methoxy groups -OCH3 is 2. The molecule has 0 saturated heterocycles. The van der Waals surface area contributed by atoms with Crippen molar-refractivity contribution in [1.29, 1.82) is 0 Å². The first-order valence-corrected chi connectivity index (χ1v) is 8.39. The molecule has 1 aromatic rings. The second-order valence-electron chi connectivity index (χ2n) is 4.70. The van der Waals surface area contributed by atoms with Crippen LogP contribution in [-0.4, -0.2) is 42.0 Å². The molecule has 0 heterocycles. The van der Waals surface area contributed by atoms with Gasteiger partial charge in [-0.25, -0.2) is 13.1 Å². The van der Waals surface area contributed by atoms with Crippen LogP contribution in [0.3, 0.4) is 0 Å². The van der Waals surface area contributed by atoms with Crippen molar-refractivity contribution in [1.82, 2.24) is 10.0 Å². The molecule has 0 amide bonds. The Labute approximate surface area is 126 Å². The molecule has 0 aliphatic heterocycles. The quantitative estimate of drug-likeness (QED) is 0.712. The Hall–Kier alpha value is -1.15. The smallest absolute Gasteiger partial charge is 0.212 e. The lowest BCUT2D eigenvalue weighted by Crippen LogP contribution is -2.30. The average Bonchev–Trinajstić information content (AvgIpc) is 2.47. The Morgan fingerprint density at radius 2 is 2.00 bits per heavy atom. The van der Waals surface area contributed by atoms with Crippen LogP contribution in [0.5, 0.6) is 5.75 Å². The zero-order chi connectivity index (χ0) is 15.9. The normalized spacial score (nSPS) is 13.1. The highest BCUT2D eigenvalue weighted by Gasteiger charge is 2.11. The largest absolute Gasteiger partial charge is 0.496 e. The standard InChI is InChI=1S/C14H24N2O4S/c1-11(16-7-8-21(17,18)15-2)12-5-6-14(20-4)13(9-12)10-19-3/h5-6,9,11,15-16H,7-8,10H2,1-4H3. The third kappa shape index (κ3) is 5.62. The van der Waals surface area contributed by atoms with Gasteiger partial charge in [0.2, 0.25) is 10.0 Å². The average molecular weight is 316 g/mol. The predicted octanol–water partition coefficient (Wildman–Crippen LogP) is 1.04. The van der Waals surface area contributed by atoms with Gasteiger partial charge in [-0.15, -0.1) is 0 Å². The third-order valence-corrected chi connectivity index (χ3v) is 4.60. The number of rotatable bonds is 9. The summed E-state index contributed by atoms with van der Waals surface area (Å²) in [6, 6.07) is 5.90. The summed E-state index contributed by atoms with van der Waals surface area (Å²) in [6.45, 7) is 2.85. The van der Waals surface area contributed by atoms with Gasteiger partial charge in [-0.2, -0.15) is 0 Å². The number of nitrogens with one attached hydrogen (secondary N) is 2. The Morgan fingerprint density at radius 3 is 2.57 bits per heavy atom. The molecule has 0 bridgehead atoms. The first kappa shape index (κ1) is 17.9. The van der Waals surface area contributed by atoms with Crippen LogP contribution >= 0.6 is 0 Å². The third-order valence-electron chi connectivity index (χ3n) is 3.24. The molecule has 0 radical (unpaired) electrons. The highest BCUT2D eigenvalue weighted by atomic mass is 32.2. The molecule has 0 aromatic heterocycles. The molecule has 0 aliphatic carbocycles. The molecule has 0 aliphatic rings. The summed E-state index contributed by atoms with van der Waals surface area (Å²) < 4.78 is 35.4. The molecule has 0 fully saturated rings. The SMILES string of the molecule is CNS(=O)(=O)CCNC(C)c1ccc(OC)c(COC)c1. The highest BCUT2D eigenvalue weighted by molar-refractivity contribution is 7.89. The first-order chi connectivity index (χ1) is 9.93. The summed E-state index contributed by atoms with van der Waals surface area (Å²) in [5.74, 6) is 0.833. The summed E-state index contributed by atoms with van der Waals surface area (Å²) >= 11 is 0. The lowest BCUT2D eigenvalue weighted by molar-refractivity contribution is 0.181. The molecule has 1 rings (SSSR count). The molecular weight excluding hydrogens is 292 g/mol. The molecule has 1 unspecified atom stereocenters. The van der Waals surface area contributed by atoms with Gasteiger partial charge in [0.05, 0.1) is 19.5 Å². The Bertz CT molecular complexity index is 546. The number of sulfonamides is 1. The molecule has 7 heteroatoms. The topological polar surface area (TPSA) is 76.7 Å². The second kappa shape index (κ2) is 8.33. The fourth-order valence-corrected chi connectivity index (χ4v) is 2.56. The summed E-state index contributed by atoms with van der Waals surface area (Å²) in [7, 11) is 1.50. The summed E-state index contributed by atoms with van der Waals surface area (Å²) in [5.41, 5.74) is 2.03. The van der Waals surface area contributed by atoms with E-state index >= 15 is 0 Å². The van der Waals surface area contributed by atoms with Crippen molar-refractivity contribution in [2.45, 2.75) is 19.6 Å². The fraction of sp³-hybridized carbons (Fsp3) is 0.571. The number of ether oxygens (including phenoxy) is 2. The molecule has 6 nitrogen and oxygen atoms in total. The van der Waals surface area contributed by atoms with Crippen LogP contribution < -0.4 is 14.8 Å². The van der Waals surface area contributed by atoms with E-state index in [1.54, 1.807) is 14.2 Å². The summed E-state index contributed by atoms with van der Waals surface area (Å²) in [4.78, 5) is 0. The van der Waals surface area contributed by atoms with Crippen molar-refractivity contribution in [3.05, 3.63) is 29.3 Å². The van der Waals surface area contributed by atoms with Crippen molar-refractivity contribution in [2.75, 3.05) is 33.6 Å². The van der Waals surface area contributed by atoms with E-state index in [9.17, 15) is 8.42 Å². The van der Waals surface area contributed by atoms with Gasteiger partial charge in [0.25, 0.3) is 0 Å². The lowest BCUT2D eigenvalue weighted by Gasteiger charge is -2.17. The van der Waals surface area contributed by atoms with E-state index in [0.717, 1.165) is 16.9 Å². The van der Waals surface area contributed by atoms with E-state index in [1.165, 1.54) is 7.05 Å². The van der Waals surface area contributed by atoms with E-state index in [0.29, 0.717) is 13.2 Å². The minimum atomic E-state index is -3.18. The van der Waals surface area contributed by atoms with E-state index in [2.05, 4.69) is 10.0 Å². The molecule has 0 spiro atoms. The van der Waals surface area contributed by atoms with Crippen molar-refractivity contribution in [2.24, 2.45) is 0 Å². The van der Waals surface area contributed by atoms with Crippen molar-refractivity contribution >= 4 is 10.0 Å². The Kier molecular flexibility index (Phi) is 7.10. The fourth-order valence-electron chi connectivity index (χ4n) is 1.97. The van der Waals surface area contributed by atoms with E-state index in [1.807, 2.05) is 25.1 Å². The van der Waals surface area contributed by atoms with Crippen LogP contribution in [0.4, 0.5) is 0 Å². The van der Waals surface area contributed by atoms with Crippen LogP contribution in [0.2, 0.25) is 0 Å². The molecule has 1 aromatic carbocycles. The van der Waals surface area contributed by atoms with Gasteiger partial charge < -0.3 is 14.8 Å². The minimum Gasteiger partial charge on any atom is -0.496 e. The zero-order valence-corrected chi connectivity index (χ0v) is 13.8. The maximum atomic E-state index is 11.4. The van der Waals surface area contributed by atoms with Gasteiger partial charge in [-0.3, -0.25) is 0 Å². The van der Waals surface area contributed by atoms with Crippen LogP contribution in [0, 0.1) is 0 Å².